The van der Waals surface area contributed by atoms with E-state index in [9.17, 15) is 19.7 Å². The van der Waals surface area contributed by atoms with Crippen LogP contribution in [0.15, 0.2) is 18.2 Å². The van der Waals surface area contributed by atoms with Gasteiger partial charge in [0.1, 0.15) is 17.5 Å². The smallest absolute Gasteiger partial charge is 0.292 e. The Morgan fingerprint density at radius 2 is 2.15 bits per heavy atom. The summed E-state index contributed by atoms with van der Waals surface area (Å²) in [5.41, 5.74) is -0.0311. The van der Waals surface area contributed by atoms with Crippen molar-refractivity contribution in [3.05, 3.63) is 28.3 Å². The van der Waals surface area contributed by atoms with Crippen LogP contribution < -0.4 is 10.1 Å². The third-order valence-corrected chi connectivity index (χ3v) is 3.11. The zero-order valence-electron chi connectivity index (χ0n) is 11.0. The molecule has 8 nitrogen and oxygen atoms in total. The van der Waals surface area contributed by atoms with Gasteiger partial charge in [-0.15, -0.1) is 0 Å². The van der Waals surface area contributed by atoms with Crippen LogP contribution in [0.5, 0.6) is 5.75 Å². The summed E-state index contributed by atoms with van der Waals surface area (Å²) in [4.78, 5) is 34.6. The Kier molecular flexibility index (Phi) is 3.55. The number of hydrogen-bond acceptors (Lipinski definition) is 6. The van der Waals surface area contributed by atoms with E-state index >= 15 is 0 Å². The first-order valence-electron chi connectivity index (χ1n) is 5.83. The highest BCUT2D eigenvalue weighted by Gasteiger charge is 2.36. The van der Waals surface area contributed by atoms with E-state index in [0.29, 0.717) is 5.75 Å². The molecule has 1 fully saturated rings. The molecule has 0 aromatic heterocycles. The second-order valence-corrected chi connectivity index (χ2v) is 4.33. The van der Waals surface area contributed by atoms with Crippen LogP contribution in [-0.4, -0.2) is 41.8 Å². The Balaban J connectivity index is 2.30. The highest BCUT2D eigenvalue weighted by Crippen LogP contribution is 2.30. The largest absolute Gasteiger partial charge is 0.497 e. The number of benzene rings is 1. The molecule has 1 unspecified atom stereocenters. The molecule has 1 aromatic rings. The van der Waals surface area contributed by atoms with Gasteiger partial charge in [-0.2, -0.15) is 0 Å². The number of likely N-dealkylation sites (tertiary alicyclic amines) is 1. The second-order valence-electron chi connectivity index (χ2n) is 4.33. The van der Waals surface area contributed by atoms with Crippen LogP contribution in [0, 0.1) is 10.1 Å². The first-order valence-corrected chi connectivity index (χ1v) is 5.83. The maximum absolute atomic E-state index is 11.8. The molecule has 20 heavy (non-hydrogen) atoms. The number of carbonyl (C=O) groups excluding carboxylic acids is 2. The van der Waals surface area contributed by atoms with Gasteiger partial charge in [0.25, 0.3) is 11.6 Å². The third kappa shape index (κ3) is 2.40. The SMILES string of the molecule is COc1ccc([N+](=O)[O-])c(NC2CC(=O)N(C)C2=O)c1. The number of ether oxygens (including phenoxy) is 1. The maximum atomic E-state index is 11.8. The van der Waals surface area contributed by atoms with Crippen molar-refractivity contribution >= 4 is 23.2 Å². The van der Waals surface area contributed by atoms with Crippen LogP contribution in [0.25, 0.3) is 0 Å². The molecule has 1 atom stereocenters. The molecule has 106 valence electrons. The summed E-state index contributed by atoms with van der Waals surface area (Å²) >= 11 is 0. The molecule has 1 saturated heterocycles. The minimum Gasteiger partial charge on any atom is -0.497 e. The zero-order chi connectivity index (χ0) is 14.9. The second kappa shape index (κ2) is 5.16. The molecule has 0 bridgehead atoms. The lowest BCUT2D eigenvalue weighted by Gasteiger charge is -2.13. The fraction of sp³-hybridized carbons (Fsp3) is 0.333. The standard InChI is InChI=1S/C12H13N3O5/c1-14-11(16)6-9(12(14)17)13-8-5-7(20-2)3-4-10(8)15(18)19/h3-5,9,13H,6H2,1-2H3. The normalized spacial score (nSPS) is 18.3. The molecular formula is C12H13N3O5. The van der Waals surface area contributed by atoms with Crippen LogP contribution >= 0.6 is 0 Å². The van der Waals surface area contributed by atoms with E-state index in [2.05, 4.69) is 5.32 Å². The Morgan fingerprint density at radius 1 is 1.45 bits per heavy atom. The van der Waals surface area contributed by atoms with Crippen molar-refractivity contribution in [1.82, 2.24) is 4.90 Å². The van der Waals surface area contributed by atoms with Crippen molar-refractivity contribution < 1.29 is 19.2 Å². The van der Waals surface area contributed by atoms with Crippen molar-refractivity contribution in [2.24, 2.45) is 0 Å². The highest BCUT2D eigenvalue weighted by molar-refractivity contribution is 6.06. The van der Waals surface area contributed by atoms with Gasteiger partial charge in [0, 0.05) is 19.2 Å². The molecule has 2 amide bonds. The van der Waals surface area contributed by atoms with Crippen molar-refractivity contribution in [2.45, 2.75) is 12.5 Å². The lowest BCUT2D eigenvalue weighted by molar-refractivity contribution is -0.384. The van der Waals surface area contributed by atoms with Gasteiger partial charge in [0.05, 0.1) is 18.5 Å². The lowest BCUT2D eigenvalue weighted by Crippen LogP contribution is -2.31. The molecule has 1 heterocycles. The fourth-order valence-corrected chi connectivity index (χ4v) is 1.97. The number of nitrogens with zero attached hydrogens (tertiary/aromatic N) is 2. The monoisotopic (exact) mass is 279 g/mol. The van der Waals surface area contributed by atoms with Gasteiger partial charge >= 0.3 is 0 Å². The van der Waals surface area contributed by atoms with E-state index in [1.54, 1.807) is 0 Å². The Morgan fingerprint density at radius 3 is 2.65 bits per heavy atom. The van der Waals surface area contributed by atoms with Crippen LogP contribution in [0.4, 0.5) is 11.4 Å². The number of likely N-dealkylation sites (N-methyl/N-ethyl adjacent to an activating group) is 1. The summed E-state index contributed by atoms with van der Waals surface area (Å²) in [7, 11) is 2.81. The van der Waals surface area contributed by atoms with Crippen molar-refractivity contribution in [3.63, 3.8) is 0 Å². The molecular weight excluding hydrogens is 266 g/mol. The zero-order valence-corrected chi connectivity index (χ0v) is 11.0. The molecule has 1 N–H and O–H groups in total. The average molecular weight is 279 g/mol. The van der Waals surface area contributed by atoms with Gasteiger partial charge in [-0.25, -0.2) is 0 Å². The Bertz CT molecular complexity index is 586. The molecule has 0 spiro atoms. The number of rotatable bonds is 4. The number of hydrogen-bond donors (Lipinski definition) is 1. The van der Waals surface area contributed by atoms with E-state index < -0.39 is 16.9 Å². The molecule has 1 aromatic carbocycles. The minimum absolute atomic E-state index is 0.0241. The van der Waals surface area contributed by atoms with Crippen molar-refractivity contribution in [1.29, 1.82) is 0 Å². The van der Waals surface area contributed by atoms with Crippen LogP contribution in [0.1, 0.15) is 6.42 Å². The number of amides is 2. The molecule has 2 rings (SSSR count). The summed E-state index contributed by atoms with van der Waals surface area (Å²) in [6.07, 6.45) is -0.0241. The highest BCUT2D eigenvalue weighted by atomic mass is 16.6. The van der Waals surface area contributed by atoms with E-state index in [1.807, 2.05) is 0 Å². The summed E-state index contributed by atoms with van der Waals surface area (Å²) in [6.45, 7) is 0. The number of imide groups is 1. The molecule has 0 radical (unpaired) electrons. The average Bonchev–Trinajstić information content (AvgIpc) is 2.66. The minimum atomic E-state index is -0.793. The molecule has 0 aliphatic carbocycles. The number of anilines is 1. The molecule has 0 saturated carbocycles. The van der Waals surface area contributed by atoms with E-state index in [4.69, 9.17) is 4.74 Å². The summed E-state index contributed by atoms with van der Waals surface area (Å²) in [6, 6.07) is 3.37. The number of methoxy groups -OCH3 is 1. The Hall–Kier alpha value is -2.64. The predicted molar refractivity (Wildman–Crippen MR) is 69.5 cm³/mol. The van der Waals surface area contributed by atoms with Gasteiger partial charge in [0.2, 0.25) is 5.91 Å². The van der Waals surface area contributed by atoms with Gasteiger partial charge < -0.3 is 10.1 Å². The first-order chi connectivity index (χ1) is 9.43. The summed E-state index contributed by atoms with van der Waals surface area (Å²) < 4.78 is 5.00. The topological polar surface area (TPSA) is 102 Å². The fourth-order valence-electron chi connectivity index (χ4n) is 1.97. The number of nitrogens with one attached hydrogen (secondary N) is 1. The van der Waals surface area contributed by atoms with Gasteiger partial charge in [-0.3, -0.25) is 24.6 Å². The first kappa shape index (κ1) is 13.8. The predicted octanol–water partition coefficient (Wildman–Crippen LogP) is 0.773. The molecule has 1 aliphatic heterocycles. The third-order valence-electron chi connectivity index (χ3n) is 3.11. The molecule has 8 heteroatoms. The van der Waals surface area contributed by atoms with Crippen molar-refractivity contribution in [2.75, 3.05) is 19.5 Å². The number of carbonyl (C=O) groups is 2. The van der Waals surface area contributed by atoms with Crippen LogP contribution in [0.3, 0.4) is 0 Å². The molecule has 1 aliphatic rings. The quantitative estimate of drug-likeness (QED) is 0.496. The van der Waals surface area contributed by atoms with Gasteiger partial charge in [-0.05, 0) is 6.07 Å². The number of nitro groups is 1. The van der Waals surface area contributed by atoms with Crippen LogP contribution in [0.2, 0.25) is 0 Å². The summed E-state index contributed by atoms with van der Waals surface area (Å²) in [5, 5.41) is 13.7. The number of nitro benzene ring substituents is 1. The van der Waals surface area contributed by atoms with E-state index in [-0.39, 0.29) is 23.7 Å². The maximum Gasteiger partial charge on any atom is 0.292 e. The van der Waals surface area contributed by atoms with E-state index in [0.717, 1.165) is 4.90 Å². The summed E-state index contributed by atoms with van der Waals surface area (Å²) in [5.74, 6) is -0.312. The Labute approximate surface area is 114 Å². The van der Waals surface area contributed by atoms with Gasteiger partial charge in [-0.1, -0.05) is 0 Å². The van der Waals surface area contributed by atoms with Crippen molar-refractivity contribution in [3.8, 4) is 5.75 Å². The van der Waals surface area contributed by atoms with Gasteiger partial charge in [0.15, 0.2) is 0 Å². The van der Waals surface area contributed by atoms with E-state index in [1.165, 1.54) is 32.4 Å². The van der Waals surface area contributed by atoms with Crippen LogP contribution in [-0.2, 0) is 9.59 Å². The lowest BCUT2D eigenvalue weighted by atomic mass is 10.2.